The minimum atomic E-state index is -4.06. The molecule has 2 aliphatic heterocycles. The first-order chi connectivity index (χ1) is 13.6. The number of hydrogen-bond acceptors (Lipinski definition) is 6. The van der Waals surface area contributed by atoms with Crippen molar-refractivity contribution in [3.05, 3.63) is 24.0 Å². The fourth-order valence-electron chi connectivity index (χ4n) is 3.41. The van der Waals surface area contributed by atoms with Crippen molar-refractivity contribution >= 4 is 31.6 Å². The Labute approximate surface area is 169 Å². The number of nitrogens with one attached hydrogen (secondary N) is 1. The Bertz CT molecular complexity index is 977. The molecule has 1 aromatic rings. The second kappa shape index (κ2) is 8.64. The summed E-state index contributed by atoms with van der Waals surface area (Å²) in [5, 5.41) is 2.59. The van der Waals surface area contributed by atoms with Crippen molar-refractivity contribution < 1.29 is 30.8 Å². The van der Waals surface area contributed by atoms with Crippen LogP contribution in [0.5, 0.6) is 0 Å². The Morgan fingerprint density at radius 2 is 1.83 bits per heavy atom. The van der Waals surface area contributed by atoms with Crippen molar-refractivity contribution in [3.8, 4) is 0 Å². The molecule has 2 fully saturated rings. The van der Waals surface area contributed by atoms with E-state index in [0.717, 1.165) is 22.7 Å². The zero-order valence-electron chi connectivity index (χ0n) is 16.0. The summed E-state index contributed by atoms with van der Waals surface area (Å²) >= 11 is 0. The molecule has 0 radical (unpaired) electrons. The van der Waals surface area contributed by atoms with Gasteiger partial charge in [0.25, 0.3) is 0 Å². The molecule has 2 aliphatic rings. The number of ether oxygens (including phenoxy) is 1. The van der Waals surface area contributed by atoms with Crippen molar-refractivity contribution in [2.24, 2.45) is 5.92 Å². The Balaban J connectivity index is 1.76. The molecule has 162 valence electrons. The number of sulfonamides is 2. The van der Waals surface area contributed by atoms with Crippen LogP contribution in [0.15, 0.2) is 23.1 Å². The minimum Gasteiger partial charge on any atom is -0.379 e. The topological polar surface area (TPSA) is 113 Å². The summed E-state index contributed by atoms with van der Waals surface area (Å²) in [5.41, 5.74) is 0.139. The standard InChI is InChI=1S/C17H24FN3O6S2/c1-28(23,24)21-6-2-3-13(12-21)17(22)19-14-4-5-15(18)16(11-14)29(25,26)20-7-9-27-10-8-20/h4-5,11,13H,2-3,6-10,12H2,1H3,(H,19,22). The van der Waals surface area contributed by atoms with Crippen LogP contribution in [0.4, 0.5) is 10.1 Å². The normalized spacial score (nSPS) is 22.3. The predicted octanol–water partition coefficient (Wildman–Crippen LogP) is 0.457. The lowest BCUT2D eigenvalue weighted by Gasteiger charge is -2.30. The molecule has 3 rings (SSSR count). The summed E-state index contributed by atoms with van der Waals surface area (Å²) in [6.07, 6.45) is 2.15. The van der Waals surface area contributed by atoms with Crippen LogP contribution in [-0.4, -0.2) is 77.0 Å². The SMILES string of the molecule is CS(=O)(=O)N1CCCC(C(=O)Nc2ccc(F)c(S(=O)(=O)N3CCOCC3)c2)C1. The van der Waals surface area contributed by atoms with Crippen molar-refractivity contribution in [3.63, 3.8) is 0 Å². The zero-order valence-corrected chi connectivity index (χ0v) is 17.6. The third-order valence-electron chi connectivity index (χ3n) is 5.01. The number of morpholine rings is 1. The molecular weight excluding hydrogens is 425 g/mol. The molecule has 0 aliphatic carbocycles. The van der Waals surface area contributed by atoms with Crippen LogP contribution in [-0.2, 0) is 29.6 Å². The summed E-state index contributed by atoms with van der Waals surface area (Å²) in [7, 11) is -7.47. The number of carbonyl (C=O) groups is 1. The maximum atomic E-state index is 14.3. The van der Waals surface area contributed by atoms with Gasteiger partial charge in [0.2, 0.25) is 26.0 Å². The third-order valence-corrected chi connectivity index (χ3v) is 8.19. The number of rotatable bonds is 5. The average Bonchev–Trinajstić information content (AvgIpc) is 2.69. The summed E-state index contributed by atoms with van der Waals surface area (Å²) in [6.45, 7) is 1.14. The molecule has 2 heterocycles. The van der Waals surface area contributed by atoms with Crippen LogP contribution in [0.3, 0.4) is 0 Å². The van der Waals surface area contributed by atoms with Crippen molar-refractivity contribution in [2.45, 2.75) is 17.7 Å². The van der Waals surface area contributed by atoms with E-state index in [1.165, 1.54) is 10.4 Å². The van der Waals surface area contributed by atoms with Gasteiger partial charge in [-0.05, 0) is 31.0 Å². The van der Waals surface area contributed by atoms with Crippen LogP contribution >= 0.6 is 0 Å². The van der Waals surface area contributed by atoms with Crippen LogP contribution < -0.4 is 5.32 Å². The number of amides is 1. The Morgan fingerprint density at radius 1 is 1.14 bits per heavy atom. The largest absolute Gasteiger partial charge is 0.379 e. The first-order valence-corrected chi connectivity index (χ1v) is 12.5. The lowest BCUT2D eigenvalue weighted by molar-refractivity contribution is -0.120. The average molecular weight is 450 g/mol. The maximum absolute atomic E-state index is 14.3. The highest BCUT2D eigenvalue weighted by Crippen LogP contribution is 2.25. The number of benzene rings is 1. The predicted molar refractivity (Wildman–Crippen MR) is 104 cm³/mol. The third kappa shape index (κ3) is 5.12. The molecule has 29 heavy (non-hydrogen) atoms. The van der Waals surface area contributed by atoms with E-state index in [2.05, 4.69) is 5.32 Å². The van der Waals surface area contributed by atoms with Gasteiger partial charge in [-0.2, -0.15) is 4.31 Å². The first kappa shape index (κ1) is 22.1. The lowest BCUT2D eigenvalue weighted by Crippen LogP contribution is -2.43. The lowest BCUT2D eigenvalue weighted by atomic mass is 9.99. The van der Waals surface area contributed by atoms with Gasteiger partial charge in [-0.3, -0.25) is 4.79 Å². The van der Waals surface area contributed by atoms with Gasteiger partial charge in [0.1, 0.15) is 10.7 Å². The van der Waals surface area contributed by atoms with Crippen LogP contribution in [0.1, 0.15) is 12.8 Å². The number of halogens is 1. The van der Waals surface area contributed by atoms with Crippen LogP contribution in [0.2, 0.25) is 0 Å². The van der Waals surface area contributed by atoms with E-state index in [4.69, 9.17) is 4.74 Å². The van der Waals surface area contributed by atoms with Crippen molar-refractivity contribution in [1.29, 1.82) is 0 Å². The zero-order chi connectivity index (χ0) is 21.2. The summed E-state index contributed by atoms with van der Waals surface area (Å²) in [4.78, 5) is 12.1. The molecular formula is C17H24FN3O6S2. The number of nitrogens with zero attached hydrogens (tertiary/aromatic N) is 2. The van der Waals surface area contributed by atoms with Crippen LogP contribution in [0, 0.1) is 11.7 Å². The smallest absolute Gasteiger partial charge is 0.246 e. The van der Waals surface area contributed by atoms with Crippen molar-refractivity contribution in [1.82, 2.24) is 8.61 Å². The van der Waals surface area contributed by atoms with E-state index in [-0.39, 0.29) is 38.5 Å². The van der Waals surface area contributed by atoms with Gasteiger partial charge < -0.3 is 10.1 Å². The highest BCUT2D eigenvalue weighted by atomic mass is 32.2. The van der Waals surface area contributed by atoms with Gasteiger partial charge in [0.05, 0.1) is 25.4 Å². The quantitative estimate of drug-likeness (QED) is 0.699. The Hall–Kier alpha value is -1.60. The molecule has 1 unspecified atom stereocenters. The fourth-order valence-corrected chi connectivity index (χ4v) is 5.82. The first-order valence-electron chi connectivity index (χ1n) is 9.22. The molecule has 1 amide bonds. The molecule has 0 spiro atoms. The molecule has 9 nitrogen and oxygen atoms in total. The second-order valence-corrected chi connectivity index (χ2v) is 11.0. The van der Waals surface area contributed by atoms with E-state index >= 15 is 0 Å². The molecule has 1 aromatic carbocycles. The Kier molecular flexibility index (Phi) is 6.58. The summed E-state index contributed by atoms with van der Waals surface area (Å²) < 4.78 is 70.7. The summed E-state index contributed by atoms with van der Waals surface area (Å²) in [6, 6.07) is 3.37. The van der Waals surface area contributed by atoms with Gasteiger partial charge in [-0.25, -0.2) is 25.5 Å². The van der Waals surface area contributed by atoms with Gasteiger partial charge in [0, 0.05) is 31.9 Å². The number of anilines is 1. The van der Waals surface area contributed by atoms with Gasteiger partial charge in [-0.15, -0.1) is 0 Å². The van der Waals surface area contributed by atoms with E-state index in [1.807, 2.05) is 0 Å². The number of carbonyl (C=O) groups excluding carboxylic acids is 1. The highest BCUT2D eigenvalue weighted by Gasteiger charge is 2.32. The highest BCUT2D eigenvalue weighted by molar-refractivity contribution is 7.89. The molecule has 0 aromatic heterocycles. The van der Waals surface area contributed by atoms with Crippen molar-refractivity contribution in [2.75, 3.05) is 51.0 Å². The minimum absolute atomic E-state index is 0.0603. The van der Waals surface area contributed by atoms with E-state index in [9.17, 15) is 26.0 Å². The molecule has 1 atom stereocenters. The summed E-state index contributed by atoms with van der Waals surface area (Å²) in [5.74, 6) is -1.90. The Morgan fingerprint density at radius 3 is 2.48 bits per heavy atom. The van der Waals surface area contributed by atoms with Gasteiger partial charge in [-0.1, -0.05) is 0 Å². The van der Waals surface area contributed by atoms with Crippen LogP contribution in [0.25, 0.3) is 0 Å². The van der Waals surface area contributed by atoms with E-state index in [0.29, 0.717) is 19.4 Å². The van der Waals surface area contributed by atoms with E-state index in [1.54, 1.807) is 0 Å². The molecule has 2 saturated heterocycles. The van der Waals surface area contributed by atoms with Gasteiger partial charge in [0.15, 0.2) is 0 Å². The molecule has 1 N–H and O–H groups in total. The fraction of sp³-hybridized carbons (Fsp3) is 0.588. The molecule has 12 heteroatoms. The molecule has 0 saturated carbocycles. The maximum Gasteiger partial charge on any atom is 0.246 e. The molecule has 0 bridgehead atoms. The second-order valence-electron chi connectivity index (χ2n) is 7.11. The van der Waals surface area contributed by atoms with Gasteiger partial charge >= 0.3 is 0 Å². The number of hydrogen-bond donors (Lipinski definition) is 1. The monoisotopic (exact) mass is 449 g/mol. The van der Waals surface area contributed by atoms with E-state index < -0.39 is 42.6 Å². The number of piperidine rings is 1.